The number of hydrogen-bond acceptors (Lipinski definition) is 3. The summed E-state index contributed by atoms with van der Waals surface area (Å²) >= 11 is 0. The van der Waals surface area contributed by atoms with Crippen LogP contribution < -0.4 is 14.7 Å². The molecule has 0 aromatic heterocycles. The van der Waals surface area contributed by atoms with Gasteiger partial charge in [0.25, 0.3) is 0 Å². The molecule has 92 heavy (non-hydrogen) atoms. The average molecular weight is 1180 g/mol. The number of hydrogen-bond donors (Lipinski definition) is 0. The van der Waals surface area contributed by atoms with Gasteiger partial charge in [-0.3, -0.25) is 0 Å². The van der Waals surface area contributed by atoms with Crippen molar-refractivity contribution in [3.63, 3.8) is 0 Å². The predicted molar refractivity (Wildman–Crippen MR) is 386 cm³/mol. The first-order valence-corrected chi connectivity index (χ1v) is 32.2. The molecule has 0 amide bonds. The van der Waals surface area contributed by atoms with Crippen LogP contribution >= 0.6 is 0 Å². The molecule has 16 rings (SSSR count). The zero-order chi connectivity index (χ0) is 61.2. The Morgan fingerprint density at radius 3 is 0.989 bits per heavy atom. The molecular formula is C89H67N3. The fourth-order valence-corrected chi connectivity index (χ4v) is 14.2. The van der Waals surface area contributed by atoms with Gasteiger partial charge in [0.2, 0.25) is 0 Å². The molecule has 438 valence electrons. The number of para-hydroxylation sites is 5. The van der Waals surface area contributed by atoms with Crippen LogP contribution in [0.2, 0.25) is 0 Å². The van der Waals surface area contributed by atoms with Crippen molar-refractivity contribution in [2.75, 3.05) is 14.7 Å². The minimum Gasteiger partial charge on any atom is -0.311 e. The fourth-order valence-electron chi connectivity index (χ4n) is 14.2. The van der Waals surface area contributed by atoms with Crippen LogP contribution in [0.3, 0.4) is 0 Å². The molecule has 2 aliphatic carbocycles. The zero-order valence-corrected chi connectivity index (χ0v) is 51.2. The summed E-state index contributed by atoms with van der Waals surface area (Å²) in [6.45, 7) is 0. The lowest BCUT2D eigenvalue weighted by atomic mass is 9.85. The normalized spacial score (nSPS) is 12.1. The van der Waals surface area contributed by atoms with Gasteiger partial charge in [-0.25, -0.2) is 0 Å². The molecule has 0 fully saturated rings. The van der Waals surface area contributed by atoms with Crippen LogP contribution in [0.25, 0.3) is 55.6 Å². The molecule has 0 aliphatic heterocycles. The second-order valence-corrected chi connectivity index (χ2v) is 24.5. The summed E-state index contributed by atoms with van der Waals surface area (Å²) in [4.78, 5) is 7.06. The number of fused-ring (bicyclic) bond motifs is 6. The third-order valence-electron chi connectivity index (χ3n) is 18.7. The van der Waals surface area contributed by atoms with E-state index in [2.05, 4.69) is 367 Å². The van der Waals surface area contributed by atoms with Gasteiger partial charge in [0.1, 0.15) is 0 Å². The maximum atomic E-state index is 2.51. The second-order valence-electron chi connectivity index (χ2n) is 24.5. The first-order valence-electron chi connectivity index (χ1n) is 32.2. The van der Waals surface area contributed by atoms with Crippen molar-refractivity contribution in [2.24, 2.45) is 0 Å². The van der Waals surface area contributed by atoms with E-state index in [0.29, 0.717) is 0 Å². The third kappa shape index (κ3) is 11.3. The topological polar surface area (TPSA) is 9.72 Å². The highest BCUT2D eigenvalue weighted by Crippen LogP contribution is 2.46. The number of benzene rings is 14. The maximum absolute atomic E-state index is 2.51. The largest absolute Gasteiger partial charge is 0.311 e. The van der Waals surface area contributed by atoms with Crippen LogP contribution in [0.15, 0.2) is 352 Å². The van der Waals surface area contributed by atoms with Gasteiger partial charge in [-0.15, -0.1) is 0 Å². The predicted octanol–water partition coefficient (Wildman–Crippen LogP) is 23.8. The molecule has 0 saturated heterocycles. The summed E-state index contributed by atoms with van der Waals surface area (Å²) in [6.07, 6.45) is 3.69. The van der Waals surface area contributed by atoms with Crippen LogP contribution in [0.4, 0.5) is 51.2 Å². The Morgan fingerprint density at radius 2 is 0.511 bits per heavy atom. The van der Waals surface area contributed by atoms with Gasteiger partial charge in [-0.1, -0.05) is 243 Å². The quantitative estimate of drug-likeness (QED) is 0.0900. The van der Waals surface area contributed by atoms with Crippen molar-refractivity contribution in [1.29, 1.82) is 0 Å². The molecule has 3 nitrogen and oxygen atoms in total. The zero-order valence-electron chi connectivity index (χ0n) is 51.2. The molecule has 1 atom stereocenters. The highest BCUT2D eigenvalue weighted by molar-refractivity contribution is 5.87. The molecule has 0 bridgehead atoms. The van der Waals surface area contributed by atoms with Gasteiger partial charge < -0.3 is 14.7 Å². The summed E-state index contributed by atoms with van der Waals surface area (Å²) in [7, 11) is 0. The minimum atomic E-state index is 0.280. The van der Waals surface area contributed by atoms with E-state index in [-0.39, 0.29) is 5.92 Å². The van der Waals surface area contributed by atoms with Crippen LogP contribution in [-0.4, -0.2) is 0 Å². The Labute approximate surface area is 540 Å². The van der Waals surface area contributed by atoms with Crippen molar-refractivity contribution < 1.29 is 0 Å². The first-order chi connectivity index (χ1) is 45.6. The molecule has 0 spiro atoms. The number of rotatable bonds is 17. The molecule has 0 heterocycles. The molecule has 1 unspecified atom stereocenters. The summed E-state index contributed by atoms with van der Waals surface area (Å²) < 4.78 is 0. The van der Waals surface area contributed by atoms with E-state index in [0.717, 1.165) is 71.2 Å². The lowest BCUT2D eigenvalue weighted by Gasteiger charge is -2.26. The Kier molecular flexibility index (Phi) is 15.0. The van der Waals surface area contributed by atoms with Crippen molar-refractivity contribution in [3.05, 3.63) is 391 Å². The van der Waals surface area contributed by atoms with Gasteiger partial charge in [0.15, 0.2) is 0 Å². The smallest absolute Gasteiger partial charge is 0.0467 e. The van der Waals surface area contributed by atoms with Crippen molar-refractivity contribution in [3.8, 4) is 55.6 Å². The highest BCUT2D eigenvalue weighted by atomic mass is 15.2. The summed E-state index contributed by atoms with van der Waals surface area (Å²) in [5.74, 6) is 0.280. The van der Waals surface area contributed by atoms with E-state index in [1.54, 1.807) is 0 Å². The van der Waals surface area contributed by atoms with Gasteiger partial charge in [-0.2, -0.15) is 0 Å². The lowest BCUT2D eigenvalue weighted by Crippen LogP contribution is -2.10. The summed E-state index contributed by atoms with van der Waals surface area (Å²) in [5.41, 5.74) is 32.4. The van der Waals surface area contributed by atoms with E-state index < -0.39 is 0 Å². The number of anilines is 9. The Balaban J connectivity index is 0.637. The molecule has 14 aromatic carbocycles. The van der Waals surface area contributed by atoms with E-state index in [1.807, 2.05) is 0 Å². The van der Waals surface area contributed by atoms with E-state index in [9.17, 15) is 0 Å². The third-order valence-corrected chi connectivity index (χ3v) is 18.7. The minimum absolute atomic E-state index is 0.280. The van der Waals surface area contributed by atoms with Crippen molar-refractivity contribution in [1.82, 2.24) is 0 Å². The van der Waals surface area contributed by atoms with Crippen molar-refractivity contribution in [2.45, 2.75) is 31.6 Å². The Morgan fingerprint density at radius 1 is 0.207 bits per heavy atom. The van der Waals surface area contributed by atoms with Crippen LogP contribution in [0.1, 0.15) is 44.9 Å². The van der Waals surface area contributed by atoms with Gasteiger partial charge in [-0.05, 0) is 235 Å². The Bertz CT molecular complexity index is 4820. The maximum Gasteiger partial charge on any atom is 0.0467 e. The van der Waals surface area contributed by atoms with Gasteiger partial charge in [0, 0.05) is 51.2 Å². The Hall–Kier alpha value is -11.5. The second kappa shape index (κ2) is 24.8. The first kappa shape index (κ1) is 55.8. The van der Waals surface area contributed by atoms with Gasteiger partial charge in [0.05, 0.1) is 0 Å². The molecule has 0 radical (unpaired) electrons. The standard InChI is InChI=1S/C89H67N3/c1-7-21-63(22-8-1)53-72(71-43-51-88-75(58-71)60-76-62-85(48-52-89(76)88)91(79-30-13-4-14-31-79)80-32-15-5-16-33-80)55-64-23-19-24-67(54-64)68-25-20-36-84(61-68)92(81-34-17-6-18-35-81)83-46-39-66(40-47-83)70-42-50-87-74(57-70)59-73-56-69(41-49-86(73)87)65-37-44-82(45-38-65)90(77-26-9-2-10-27-77)78-28-11-3-12-29-78/h1-52,54,56-58,61-62,72H,53,55,59-60H2. The van der Waals surface area contributed by atoms with E-state index >= 15 is 0 Å². The van der Waals surface area contributed by atoms with E-state index in [4.69, 9.17) is 0 Å². The molecule has 14 aromatic rings. The van der Waals surface area contributed by atoms with Crippen LogP contribution in [0.5, 0.6) is 0 Å². The number of nitrogens with zero attached hydrogens (tertiary/aromatic N) is 3. The lowest BCUT2D eigenvalue weighted by molar-refractivity contribution is 0.679. The van der Waals surface area contributed by atoms with Crippen LogP contribution in [-0.2, 0) is 25.7 Å². The fraction of sp³-hybridized carbons (Fsp3) is 0.0562. The monoisotopic (exact) mass is 1180 g/mol. The highest BCUT2D eigenvalue weighted by Gasteiger charge is 2.25. The molecule has 3 heteroatoms. The SMILES string of the molecule is c1ccc(CC(Cc2cccc(-c3cccc(N(c4ccccc4)c4ccc(-c5ccc6c(c5)Cc5cc(-c7ccc(N(c8ccccc8)c8ccccc8)cc7)ccc5-6)cc4)c3)c2)c2ccc3c(c2)Cc2cc(N(c4ccccc4)c4ccccc4)ccc2-3)cc1. The van der Waals surface area contributed by atoms with Crippen molar-refractivity contribution >= 4 is 51.2 Å². The average Bonchev–Trinajstić information content (AvgIpc) is 2.13. The molecular weight excluding hydrogens is 1110 g/mol. The summed E-state index contributed by atoms with van der Waals surface area (Å²) in [5, 5.41) is 0. The molecule has 0 N–H and O–H groups in total. The van der Waals surface area contributed by atoms with E-state index in [1.165, 1.54) is 100 Å². The molecule has 2 aliphatic rings. The van der Waals surface area contributed by atoms with Gasteiger partial charge >= 0.3 is 0 Å². The van der Waals surface area contributed by atoms with Crippen LogP contribution in [0, 0.1) is 0 Å². The summed E-state index contributed by atoms with van der Waals surface area (Å²) in [6, 6.07) is 129. The molecule has 0 saturated carbocycles.